The molecule has 7 atom stereocenters. The molecule has 1 aliphatic heterocycles. The fourth-order valence-electron chi connectivity index (χ4n) is 4.45. The highest BCUT2D eigenvalue weighted by molar-refractivity contribution is 8.13. The molecule has 0 saturated carbocycles. The molecule has 0 aliphatic carbocycles. The standard InChI is InChI=1S/C25H42N7O17P3S/c1-13(2)24(37)53-8-7-27-15(33)5-6-28-22(36)19(35)25(3,4)10-46-52(43,44)49-51(41,42)45-9-14-18(48-50(38,39)40)17(34)23(47-14)32-12-31-16-20(26)29-11-30-21(16)32/h11-14,17-19,23,34-35H,5-10H2,1-4H3,(H,27,33)(H,28,36)(H,41,42)(H,43,44)(H2,26,29,30)(H2,38,39,40)/t14-,17-,18+,19-,23-/m0/s1. The number of aliphatic hydroxyl groups is 2. The average Bonchev–Trinajstić information content (AvgIpc) is 3.60. The molecule has 2 aromatic rings. The van der Waals surface area contributed by atoms with Crippen LogP contribution >= 0.6 is 35.2 Å². The van der Waals surface area contributed by atoms with Gasteiger partial charge in [-0.3, -0.25) is 32.5 Å². The molecule has 1 fully saturated rings. The second-order valence-corrected chi connectivity index (χ2v) is 17.7. The SMILES string of the molecule is CC(C)C(=O)SCCNC(=O)CCNC(=O)[C@H](O)C(C)(C)COP(=O)(O)OP(=O)(O)OC[C@@H]1O[C@H](n2cnc3c(N)ncnc32)[C@@H](O)[C@@H]1OP(=O)(O)O. The van der Waals surface area contributed by atoms with Crippen LogP contribution in [0.25, 0.3) is 11.2 Å². The number of carbonyl (C=O) groups excluding carboxylic acids is 3. The number of thioether (sulfide) groups is 1. The lowest BCUT2D eigenvalue weighted by Crippen LogP contribution is -2.46. The van der Waals surface area contributed by atoms with Crippen LogP contribution in [0, 0.1) is 11.3 Å². The number of amides is 2. The second-order valence-electron chi connectivity index (χ2n) is 12.4. The number of carbonyl (C=O) groups is 3. The summed E-state index contributed by atoms with van der Waals surface area (Å²) in [5.41, 5.74) is 4.26. The van der Waals surface area contributed by atoms with Crippen LogP contribution in [0.15, 0.2) is 12.7 Å². The minimum atomic E-state index is -5.56. The van der Waals surface area contributed by atoms with Gasteiger partial charge in [0.2, 0.25) is 11.8 Å². The molecular weight excluding hydrogens is 795 g/mol. The molecule has 28 heteroatoms. The van der Waals surface area contributed by atoms with Crippen molar-refractivity contribution in [1.29, 1.82) is 0 Å². The van der Waals surface area contributed by atoms with E-state index < -0.39 is 84.6 Å². The zero-order valence-electron chi connectivity index (χ0n) is 28.7. The molecule has 0 aromatic carbocycles. The van der Waals surface area contributed by atoms with Gasteiger partial charge in [0.15, 0.2) is 22.8 Å². The van der Waals surface area contributed by atoms with E-state index in [0.29, 0.717) is 5.75 Å². The first-order chi connectivity index (χ1) is 24.4. The van der Waals surface area contributed by atoms with Gasteiger partial charge in [0.25, 0.3) is 0 Å². The van der Waals surface area contributed by atoms with Crippen molar-refractivity contribution in [3.63, 3.8) is 0 Å². The summed E-state index contributed by atoms with van der Waals surface area (Å²) in [6, 6.07) is 0. The number of nitrogens with zero attached hydrogens (tertiary/aromatic N) is 4. The molecule has 3 rings (SSSR count). The summed E-state index contributed by atoms with van der Waals surface area (Å²) in [6.45, 7) is 4.03. The fourth-order valence-corrected chi connectivity index (χ4v) is 8.02. The van der Waals surface area contributed by atoms with Gasteiger partial charge in [-0.1, -0.05) is 39.5 Å². The summed E-state index contributed by atoms with van der Waals surface area (Å²) in [4.78, 5) is 86.9. The first-order valence-electron chi connectivity index (χ1n) is 15.5. The van der Waals surface area contributed by atoms with Crippen molar-refractivity contribution < 1.29 is 80.5 Å². The number of phosphoric ester groups is 3. The Hall–Kier alpha value is -2.44. The highest BCUT2D eigenvalue weighted by Gasteiger charge is 2.50. The van der Waals surface area contributed by atoms with Crippen LogP contribution in [0.5, 0.6) is 0 Å². The van der Waals surface area contributed by atoms with Crippen LogP contribution in [0.3, 0.4) is 0 Å². The molecule has 1 saturated heterocycles. The van der Waals surface area contributed by atoms with Crippen molar-refractivity contribution in [1.82, 2.24) is 30.2 Å². The Morgan fingerprint density at radius 3 is 2.36 bits per heavy atom. The number of ether oxygens (including phenoxy) is 1. The van der Waals surface area contributed by atoms with Crippen LogP contribution < -0.4 is 16.4 Å². The molecule has 2 aromatic heterocycles. The van der Waals surface area contributed by atoms with Crippen LogP contribution in [0.4, 0.5) is 5.82 Å². The largest absolute Gasteiger partial charge is 0.481 e. The van der Waals surface area contributed by atoms with Gasteiger partial charge in [-0.15, -0.1) is 0 Å². The van der Waals surface area contributed by atoms with Crippen molar-refractivity contribution in [3.05, 3.63) is 12.7 Å². The molecule has 53 heavy (non-hydrogen) atoms. The minimum Gasteiger partial charge on any atom is -0.386 e. The summed E-state index contributed by atoms with van der Waals surface area (Å²) in [6.07, 6.45) is -6.89. The predicted octanol–water partition coefficient (Wildman–Crippen LogP) is -0.679. The zero-order chi connectivity index (χ0) is 39.9. The van der Waals surface area contributed by atoms with Crippen LogP contribution in [-0.4, -0.2) is 123 Å². The average molecular weight is 838 g/mol. The van der Waals surface area contributed by atoms with Crippen molar-refractivity contribution in [3.8, 4) is 0 Å². The topological polar surface area (TPSA) is 364 Å². The number of phosphoric acid groups is 3. The number of aromatic nitrogens is 4. The number of hydrogen-bond donors (Lipinski definition) is 9. The van der Waals surface area contributed by atoms with E-state index in [4.69, 9.17) is 19.5 Å². The molecule has 0 bridgehead atoms. The quantitative estimate of drug-likeness (QED) is 0.0589. The predicted molar refractivity (Wildman–Crippen MR) is 182 cm³/mol. The summed E-state index contributed by atoms with van der Waals surface area (Å²) >= 11 is 1.08. The number of imidazole rings is 1. The molecule has 2 unspecified atom stereocenters. The van der Waals surface area contributed by atoms with E-state index in [1.807, 2.05) is 0 Å². The van der Waals surface area contributed by atoms with Gasteiger partial charge >= 0.3 is 23.5 Å². The number of fused-ring (bicyclic) bond motifs is 1. The number of rotatable bonds is 20. The third kappa shape index (κ3) is 13.4. The Labute approximate surface area is 306 Å². The molecule has 24 nitrogen and oxygen atoms in total. The Kier molecular flexibility index (Phi) is 15.7. The van der Waals surface area contributed by atoms with Gasteiger partial charge < -0.3 is 50.9 Å². The summed E-state index contributed by atoms with van der Waals surface area (Å²) < 4.78 is 61.9. The Morgan fingerprint density at radius 1 is 1.06 bits per heavy atom. The van der Waals surface area contributed by atoms with E-state index in [9.17, 15) is 57.9 Å². The Balaban J connectivity index is 1.52. The van der Waals surface area contributed by atoms with Crippen molar-refractivity contribution in [2.45, 2.75) is 64.8 Å². The van der Waals surface area contributed by atoms with Gasteiger partial charge in [-0.2, -0.15) is 4.31 Å². The van der Waals surface area contributed by atoms with Crippen molar-refractivity contribution in [2.75, 3.05) is 37.8 Å². The first-order valence-corrected chi connectivity index (χ1v) is 21.0. The number of aliphatic hydroxyl groups excluding tert-OH is 2. The molecular formula is C25H42N7O17P3S. The molecule has 0 radical (unpaired) electrons. The van der Waals surface area contributed by atoms with E-state index in [0.717, 1.165) is 29.0 Å². The normalized spacial score (nSPS) is 22.3. The lowest BCUT2D eigenvalue weighted by molar-refractivity contribution is -0.137. The molecule has 1 aliphatic rings. The molecule has 3 heterocycles. The molecule has 10 N–H and O–H groups in total. The van der Waals surface area contributed by atoms with Crippen LogP contribution in [0.2, 0.25) is 0 Å². The van der Waals surface area contributed by atoms with Crippen molar-refractivity contribution in [2.24, 2.45) is 11.3 Å². The minimum absolute atomic E-state index is 0.0174. The van der Waals surface area contributed by atoms with Gasteiger partial charge in [-0.25, -0.2) is 28.6 Å². The van der Waals surface area contributed by atoms with Gasteiger partial charge in [-0.05, 0) is 0 Å². The van der Waals surface area contributed by atoms with E-state index in [2.05, 4.69) is 34.4 Å². The number of nitrogens with two attached hydrogens (primary N) is 1. The Morgan fingerprint density at radius 2 is 1.72 bits per heavy atom. The van der Waals surface area contributed by atoms with E-state index in [1.54, 1.807) is 13.8 Å². The van der Waals surface area contributed by atoms with E-state index >= 15 is 0 Å². The maximum atomic E-state index is 12.6. The van der Waals surface area contributed by atoms with Gasteiger partial charge in [0.05, 0.1) is 19.5 Å². The number of anilines is 1. The molecule has 0 spiro atoms. The first kappa shape index (κ1) is 45.0. The van der Waals surface area contributed by atoms with Crippen molar-refractivity contribution >= 4 is 69.1 Å². The molecule has 300 valence electrons. The van der Waals surface area contributed by atoms with Crippen LogP contribution in [-0.2, 0) is 50.7 Å². The zero-order valence-corrected chi connectivity index (χ0v) is 32.2. The summed E-state index contributed by atoms with van der Waals surface area (Å²) in [5, 5.41) is 26.3. The monoisotopic (exact) mass is 837 g/mol. The summed E-state index contributed by atoms with van der Waals surface area (Å²) in [5.74, 6) is -1.22. The second kappa shape index (κ2) is 18.5. The maximum Gasteiger partial charge on any atom is 0.481 e. The number of nitrogens with one attached hydrogen (secondary N) is 2. The third-order valence-electron chi connectivity index (χ3n) is 7.22. The summed E-state index contributed by atoms with van der Waals surface area (Å²) in [7, 11) is -16.4. The Bertz CT molecular complexity index is 1760. The number of hydrogen-bond acceptors (Lipinski definition) is 18. The maximum absolute atomic E-state index is 12.6. The van der Waals surface area contributed by atoms with Gasteiger partial charge in [0, 0.05) is 36.6 Å². The fraction of sp³-hybridized carbons (Fsp3) is 0.680. The van der Waals surface area contributed by atoms with E-state index in [1.165, 1.54) is 13.8 Å². The van der Waals surface area contributed by atoms with Crippen LogP contribution in [0.1, 0.15) is 40.3 Å². The highest BCUT2D eigenvalue weighted by Crippen LogP contribution is 2.61. The smallest absolute Gasteiger partial charge is 0.386 e. The third-order valence-corrected chi connectivity index (χ3v) is 11.5. The lowest BCUT2D eigenvalue weighted by Gasteiger charge is -2.30. The molecule has 2 amide bonds. The van der Waals surface area contributed by atoms with Gasteiger partial charge in [0.1, 0.15) is 36.3 Å². The highest BCUT2D eigenvalue weighted by atomic mass is 32.2. The lowest BCUT2D eigenvalue weighted by atomic mass is 9.87. The number of nitrogen functional groups attached to an aromatic ring is 1. The van der Waals surface area contributed by atoms with E-state index in [-0.39, 0.29) is 47.5 Å².